The molecule has 1 aliphatic rings. The van der Waals surface area contributed by atoms with E-state index in [2.05, 4.69) is 52.1 Å². The number of esters is 1. The van der Waals surface area contributed by atoms with Gasteiger partial charge >= 0.3 is 5.97 Å². The lowest BCUT2D eigenvalue weighted by Gasteiger charge is -2.38. The van der Waals surface area contributed by atoms with E-state index in [1.165, 1.54) is 6.08 Å². The second-order valence-corrected chi connectivity index (χ2v) is 12.7. The van der Waals surface area contributed by atoms with Crippen molar-refractivity contribution >= 4 is 14.3 Å². The van der Waals surface area contributed by atoms with E-state index in [-0.39, 0.29) is 11.0 Å². The van der Waals surface area contributed by atoms with Gasteiger partial charge in [-0.25, -0.2) is 4.79 Å². The average molecular weight is 351 g/mol. The van der Waals surface area contributed by atoms with Crippen molar-refractivity contribution in [2.45, 2.75) is 58.7 Å². The summed E-state index contributed by atoms with van der Waals surface area (Å²) in [4.78, 5) is 11.3. The molecule has 0 saturated heterocycles. The fourth-order valence-electron chi connectivity index (χ4n) is 2.38. The Morgan fingerprint density at radius 1 is 1.21 bits per heavy atom. The Kier molecular flexibility index (Phi) is 8.17. The molecule has 0 heterocycles. The van der Waals surface area contributed by atoms with Crippen molar-refractivity contribution in [1.82, 2.24) is 0 Å². The summed E-state index contributed by atoms with van der Waals surface area (Å²) in [6.45, 7) is 14.5. The number of hydrogen-bond acceptors (Lipinski definition) is 3. The van der Waals surface area contributed by atoms with Crippen LogP contribution in [0.5, 0.6) is 0 Å². The maximum Gasteiger partial charge on any atom is 0.330 e. The molecule has 0 N–H and O–H groups in total. The minimum atomic E-state index is -1.70. The highest BCUT2D eigenvalue weighted by Crippen LogP contribution is 2.38. The molecule has 0 aliphatic heterocycles. The Bertz CT molecular complexity index is 484. The number of ether oxygens (including phenoxy) is 1. The van der Waals surface area contributed by atoms with Gasteiger partial charge in [0.2, 0.25) is 0 Å². The van der Waals surface area contributed by atoms with Crippen molar-refractivity contribution in [3.63, 3.8) is 0 Å². The highest BCUT2D eigenvalue weighted by Gasteiger charge is 2.38. The zero-order valence-corrected chi connectivity index (χ0v) is 17.2. The maximum absolute atomic E-state index is 11.3. The highest BCUT2D eigenvalue weighted by atomic mass is 28.4. The van der Waals surface area contributed by atoms with Crippen molar-refractivity contribution in [3.8, 4) is 0 Å². The predicted molar refractivity (Wildman–Crippen MR) is 103 cm³/mol. The van der Waals surface area contributed by atoms with Crippen LogP contribution in [0.15, 0.2) is 36.5 Å². The van der Waals surface area contributed by atoms with Crippen LogP contribution in [0.2, 0.25) is 18.1 Å². The summed E-state index contributed by atoms with van der Waals surface area (Å²) in [5.41, 5.74) is 0. The molecule has 0 spiro atoms. The standard InChI is InChI=1S/C20H34O3Si/c1-7-22-19(21)15-11-10-13-17-12-8-9-14-18(17)16-23-24(5,6)20(2,3)4/h8-11,13,15,17-18H,7,12,14,16H2,1-6H3/b13-10+,15-11+/t17-,18-/m1/s1. The Morgan fingerprint density at radius 3 is 2.50 bits per heavy atom. The van der Waals surface area contributed by atoms with Crippen LogP contribution in [-0.4, -0.2) is 27.5 Å². The molecule has 24 heavy (non-hydrogen) atoms. The SMILES string of the molecule is CCOC(=O)/C=C/C=C/[C@H]1CC=CC[C@@H]1CO[Si](C)(C)C(C)(C)C. The largest absolute Gasteiger partial charge is 0.463 e. The second-order valence-electron chi connectivity index (χ2n) is 7.93. The molecule has 136 valence electrons. The quantitative estimate of drug-likeness (QED) is 0.206. The van der Waals surface area contributed by atoms with Gasteiger partial charge in [0.25, 0.3) is 0 Å². The Labute approximate surface area is 148 Å². The van der Waals surface area contributed by atoms with Gasteiger partial charge in [0, 0.05) is 12.7 Å². The van der Waals surface area contributed by atoms with Crippen LogP contribution in [0, 0.1) is 11.8 Å². The first-order chi connectivity index (χ1) is 11.2. The first-order valence-electron chi connectivity index (χ1n) is 8.98. The van der Waals surface area contributed by atoms with Gasteiger partial charge < -0.3 is 9.16 Å². The molecule has 1 aliphatic carbocycles. The number of hydrogen-bond donors (Lipinski definition) is 0. The molecule has 0 bridgehead atoms. The van der Waals surface area contributed by atoms with Crippen molar-refractivity contribution in [3.05, 3.63) is 36.5 Å². The number of carbonyl (C=O) groups excluding carboxylic acids is 1. The predicted octanol–water partition coefficient (Wildman–Crippen LogP) is 5.27. The second kappa shape index (κ2) is 9.38. The van der Waals surface area contributed by atoms with Crippen molar-refractivity contribution in [2.75, 3.05) is 13.2 Å². The van der Waals surface area contributed by atoms with Gasteiger partial charge in [-0.15, -0.1) is 0 Å². The molecule has 4 heteroatoms. The van der Waals surface area contributed by atoms with E-state index in [1.807, 2.05) is 13.0 Å². The molecule has 0 amide bonds. The van der Waals surface area contributed by atoms with Gasteiger partial charge in [0.1, 0.15) is 0 Å². The summed E-state index contributed by atoms with van der Waals surface area (Å²) < 4.78 is 11.3. The molecular weight excluding hydrogens is 316 g/mol. The lowest BCUT2D eigenvalue weighted by molar-refractivity contribution is -0.137. The van der Waals surface area contributed by atoms with E-state index in [0.717, 1.165) is 19.4 Å². The molecule has 3 nitrogen and oxygen atoms in total. The third-order valence-corrected chi connectivity index (χ3v) is 9.57. The van der Waals surface area contributed by atoms with E-state index >= 15 is 0 Å². The van der Waals surface area contributed by atoms with Crippen LogP contribution < -0.4 is 0 Å². The summed E-state index contributed by atoms with van der Waals surface area (Å²) in [5.74, 6) is 0.687. The van der Waals surface area contributed by atoms with Crippen molar-refractivity contribution in [1.29, 1.82) is 0 Å². The summed E-state index contributed by atoms with van der Waals surface area (Å²) >= 11 is 0. The van der Waals surface area contributed by atoms with Gasteiger partial charge in [-0.05, 0) is 49.7 Å². The molecule has 0 aromatic carbocycles. The zero-order chi connectivity index (χ0) is 18.2. The monoisotopic (exact) mass is 350 g/mol. The Hall–Kier alpha value is -1.13. The third-order valence-electron chi connectivity index (χ3n) is 5.07. The smallest absolute Gasteiger partial charge is 0.330 e. The number of allylic oxidation sites excluding steroid dienone is 5. The van der Waals surface area contributed by atoms with Crippen LogP contribution in [0.25, 0.3) is 0 Å². The summed E-state index contributed by atoms with van der Waals surface area (Å²) in [6.07, 6.45) is 14.0. The minimum absolute atomic E-state index is 0.241. The van der Waals surface area contributed by atoms with Crippen LogP contribution >= 0.6 is 0 Å². The lowest BCUT2D eigenvalue weighted by Crippen LogP contribution is -2.42. The van der Waals surface area contributed by atoms with Gasteiger partial charge in [-0.2, -0.15) is 0 Å². The molecule has 0 aromatic rings. The topological polar surface area (TPSA) is 35.5 Å². The molecule has 0 fully saturated rings. The molecule has 0 unspecified atom stereocenters. The van der Waals surface area contributed by atoms with Crippen molar-refractivity contribution < 1.29 is 14.0 Å². The Balaban J connectivity index is 2.60. The third kappa shape index (κ3) is 6.77. The number of carbonyl (C=O) groups is 1. The zero-order valence-electron chi connectivity index (χ0n) is 16.2. The Morgan fingerprint density at radius 2 is 1.88 bits per heavy atom. The average Bonchev–Trinajstić information content (AvgIpc) is 2.49. The summed E-state index contributed by atoms with van der Waals surface area (Å²) in [7, 11) is -1.70. The van der Waals surface area contributed by atoms with Gasteiger partial charge in [-0.1, -0.05) is 51.2 Å². The molecule has 0 radical (unpaired) electrons. The maximum atomic E-state index is 11.3. The first-order valence-corrected chi connectivity index (χ1v) is 11.9. The fourth-order valence-corrected chi connectivity index (χ4v) is 3.45. The minimum Gasteiger partial charge on any atom is -0.463 e. The van der Waals surface area contributed by atoms with Crippen LogP contribution in [-0.2, 0) is 14.0 Å². The summed E-state index contributed by atoms with van der Waals surface area (Å²) in [5, 5.41) is 0.241. The van der Waals surface area contributed by atoms with E-state index in [0.29, 0.717) is 18.4 Å². The fraction of sp³-hybridized carbons (Fsp3) is 0.650. The molecule has 0 aromatic heterocycles. The lowest BCUT2D eigenvalue weighted by atomic mass is 9.83. The molecular formula is C20H34O3Si. The number of rotatable bonds is 7. The van der Waals surface area contributed by atoms with Gasteiger partial charge in [-0.3, -0.25) is 0 Å². The molecule has 1 rings (SSSR count). The van der Waals surface area contributed by atoms with E-state index in [1.54, 1.807) is 6.08 Å². The van der Waals surface area contributed by atoms with Gasteiger partial charge in [0.05, 0.1) is 6.61 Å². The van der Waals surface area contributed by atoms with Crippen LogP contribution in [0.4, 0.5) is 0 Å². The van der Waals surface area contributed by atoms with Crippen LogP contribution in [0.3, 0.4) is 0 Å². The van der Waals surface area contributed by atoms with Gasteiger partial charge in [0.15, 0.2) is 8.32 Å². The summed E-state index contributed by atoms with van der Waals surface area (Å²) in [6, 6.07) is 0. The van der Waals surface area contributed by atoms with E-state index in [4.69, 9.17) is 9.16 Å². The highest BCUT2D eigenvalue weighted by molar-refractivity contribution is 6.74. The van der Waals surface area contributed by atoms with E-state index in [9.17, 15) is 4.79 Å². The molecule has 2 atom stereocenters. The van der Waals surface area contributed by atoms with E-state index < -0.39 is 8.32 Å². The normalized spacial score (nSPS) is 22.4. The first kappa shape index (κ1) is 20.9. The van der Waals surface area contributed by atoms with Crippen molar-refractivity contribution in [2.24, 2.45) is 11.8 Å². The van der Waals surface area contributed by atoms with Crippen LogP contribution in [0.1, 0.15) is 40.5 Å². The molecule has 0 saturated carbocycles.